The van der Waals surface area contributed by atoms with Gasteiger partial charge in [-0.2, -0.15) is 0 Å². The highest BCUT2D eigenvalue weighted by atomic mass is 79.9. The SMILES string of the molecule is Cc1cc(C(=O)Nc2ccc(Br)cc2)c(C)cc1C(=O)O. The van der Waals surface area contributed by atoms with Crippen LogP contribution in [-0.2, 0) is 0 Å². The molecule has 21 heavy (non-hydrogen) atoms. The summed E-state index contributed by atoms with van der Waals surface area (Å²) in [4.78, 5) is 23.4. The molecule has 0 saturated carbocycles. The molecule has 108 valence electrons. The van der Waals surface area contributed by atoms with Gasteiger partial charge in [-0.25, -0.2) is 4.79 Å². The molecule has 2 rings (SSSR count). The first-order chi connectivity index (χ1) is 9.88. The van der Waals surface area contributed by atoms with Crippen LogP contribution in [0, 0.1) is 13.8 Å². The molecule has 0 saturated heterocycles. The number of halogens is 1. The van der Waals surface area contributed by atoms with Crippen molar-refractivity contribution in [2.24, 2.45) is 0 Å². The average molecular weight is 348 g/mol. The topological polar surface area (TPSA) is 66.4 Å². The maximum absolute atomic E-state index is 12.3. The lowest BCUT2D eigenvalue weighted by atomic mass is 9.99. The van der Waals surface area contributed by atoms with Crippen molar-refractivity contribution in [2.45, 2.75) is 13.8 Å². The Morgan fingerprint density at radius 3 is 2.10 bits per heavy atom. The number of anilines is 1. The summed E-state index contributed by atoms with van der Waals surface area (Å²) in [5.74, 6) is -1.25. The molecule has 0 atom stereocenters. The van der Waals surface area contributed by atoms with Crippen LogP contribution in [0.15, 0.2) is 40.9 Å². The number of rotatable bonds is 3. The van der Waals surface area contributed by atoms with Crippen LogP contribution in [0.2, 0.25) is 0 Å². The van der Waals surface area contributed by atoms with E-state index in [0.717, 1.165) is 4.47 Å². The Kier molecular flexibility index (Phi) is 4.43. The molecule has 2 N–H and O–H groups in total. The van der Waals surface area contributed by atoms with E-state index in [-0.39, 0.29) is 11.5 Å². The zero-order valence-electron chi connectivity index (χ0n) is 11.6. The van der Waals surface area contributed by atoms with E-state index < -0.39 is 5.97 Å². The lowest BCUT2D eigenvalue weighted by Crippen LogP contribution is -2.14. The van der Waals surface area contributed by atoms with Gasteiger partial charge in [0.1, 0.15) is 0 Å². The van der Waals surface area contributed by atoms with Gasteiger partial charge in [-0.3, -0.25) is 4.79 Å². The van der Waals surface area contributed by atoms with Gasteiger partial charge < -0.3 is 10.4 Å². The fraction of sp³-hybridized carbons (Fsp3) is 0.125. The van der Waals surface area contributed by atoms with Crippen LogP contribution in [0.25, 0.3) is 0 Å². The molecule has 0 heterocycles. The molecule has 0 aliphatic carbocycles. The van der Waals surface area contributed by atoms with E-state index in [0.29, 0.717) is 22.4 Å². The normalized spacial score (nSPS) is 10.2. The maximum atomic E-state index is 12.3. The van der Waals surface area contributed by atoms with E-state index in [4.69, 9.17) is 5.11 Å². The van der Waals surface area contributed by atoms with Crippen LogP contribution in [0.5, 0.6) is 0 Å². The number of nitrogens with one attached hydrogen (secondary N) is 1. The molecule has 5 heteroatoms. The van der Waals surface area contributed by atoms with E-state index >= 15 is 0 Å². The number of aromatic carboxylic acids is 1. The number of hydrogen-bond donors (Lipinski definition) is 2. The van der Waals surface area contributed by atoms with Crippen LogP contribution in [0.3, 0.4) is 0 Å². The summed E-state index contributed by atoms with van der Waals surface area (Å²) in [6, 6.07) is 10.4. The minimum absolute atomic E-state index is 0.215. The van der Waals surface area contributed by atoms with Gasteiger partial charge in [-0.15, -0.1) is 0 Å². The van der Waals surface area contributed by atoms with E-state index in [1.807, 2.05) is 12.1 Å². The first-order valence-corrected chi connectivity index (χ1v) is 7.09. The molecule has 0 radical (unpaired) electrons. The van der Waals surface area contributed by atoms with Crippen molar-refractivity contribution in [3.8, 4) is 0 Å². The summed E-state index contributed by atoms with van der Waals surface area (Å²) in [6.45, 7) is 3.40. The summed E-state index contributed by atoms with van der Waals surface area (Å²) in [5.41, 5.74) is 2.57. The fourth-order valence-corrected chi connectivity index (χ4v) is 2.29. The summed E-state index contributed by atoms with van der Waals surface area (Å²) in [5, 5.41) is 11.9. The van der Waals surface area contributed by atoms with E-state index in [1.54, 1.807) is 32.0 Å². The lowest BCUT2D eigenvalue weighted by Gasteiger charge is -2.10. The fourth-order valence-electron chi connectivity index (χ4n) is 2.02. The largest absolute Gasteiger partial charge is 0.478 e. The van der Waals surface area contributed by atoms with Crippen molar-refractivity contribution < 1.29 is 14.7 Å². The van der Waals surface area contributed by atoms with Gasteiger partial charge >= 0.3 is 5.97 Å². The Morgan fingerprint density at radius 1 is 1.00 bits per heavy atom. The molecule has 2 aromatic rings. The van der Waals surface area contributed by atoms with Gasteiger partial charge in [0.05, 0.1) is 5.56 Å². The van der Waals surface area contributed by atoms with Crippen molar-refractivity contribution in [3.05, 3.63) is 63.1 Å². The minimum Gasteiger partial charge on any atom is -0.478 e. The van der Waals surface area contributed by atoms with Crippen molar-refractivity contribution >= 4 is 33.5 Å². The second kappa shape index (κ2) is 6.10. The molecule has 0 fully saturated rings. The Labute approximate surface area is 130 Å². The van der Waals surface area contributed by atoms with Crippen molar-refractivity contribution in [2.75, 3.05) is 5.32 Å². The van der Waals surface area contributed by atoms with Crippen LogP contribution in [-0.4, -0.2) is 17.0 Å². The summed E-state index contributed by atoms with van der Waals surface area (Å²) in [6.07, 6.45) is 0. The number of carboxylic acid groups (broad SMARTS) is 1. The molecule has 0 bridgehead atoms. The third kappa shape index (κ3) is 3.49. The quantitative estimate of drug-likeness (QED) is 0.881. The number of carbonyl (C=O) groups excluding carboxylic acids is 1. The summed E-state index contributed by atoms with van der Waals surface area (Å²) >= 11 is 3.33. The van der Waals surface area contributed by atoms with Gasteiger partial charge in [-0.1, -0.05) is 15.9 Å². The Hall–Kier alpha value is -2.14. The molecule has 2 aromatic carbocycles. The van der Waals surface area contributed by atoms with Gasteiger partial charge in [0, 0.05) is 15.7 Å². The first-order valence-electron chi connectivity index (χ1n) is 6.30. The van der Waals surface area contributed by atoms with Crippen LogP contribution in [0.4, 0.5) is 5.69 Å². The zero-order chi connectivity index (χ0) is 15.6. The monoisotopic (exact) mass is 347 g/mol. The molecule has 0 spiro atoms. The first kappa shape index (κ1) is 15.3. The summed E-state index contributed by atoms with van der Waals surface area (Å²) in [7, 11) is 0. The molecular weight excluding hydrogens is 334 g/mol. The van der Waals surface area contributed by atoms with E-state index in [9.17, 15) is 9.59 Å². The lowest BCUT2D eigenvalue weighted by molar-refractivity contribution is 0.0695. The van der Waals surface area contributed by atoms with E-state index in [2.05, 4.69) is 21.2 Å². The van der Waals surface area contributed by atoms with Gasteiger partial charge in [0.15, 0.2) is 0 Å². The second-order valence-electron chi connectivity index (χ2n) is 4.75. The van der Waals surface area contributed by atoms with Crippen molar-refractivity contribution in [1.29, 1.82) is 0 Å². The predicted molar refractivity (Wildman–Crippen MR) is 85.0 cm³/mol. The highest BCUT2D eigenvalue weighted by Crippen LogP contribution is 2.19. The number of carboxylic acids is 1. The molecule has 0 aromatic heterocycles. The number of carbonyl (C=O) groups is 2. The molecule has 0 aliphatic rings. The van der Waals surface area contributed by atoms with Crippen LogP contribution >= 0.6 is 15.9 Å². The standard InChI is InChI=1S/C16H14BrNO3/c1-9-8-14(16(20)21)10(2)7-13(9)15(19)18-12-5-3-11(17)4-6-12/h3-8H,1-2H3,(H,18,19)(H,20,21). The highest BCUT2D eigenvalue weighted by Gasteiger charge is 2.15. The van der Waals surface area contributed by atoms with Gasteiger partial charge in [-0.05, 0) is 61.4 Å². The molecule has 4 nitrogen and oxygen atoms in total. The molecule has 0 unspecified atom stereocenters. The van der Waals surface area contributed by atoms with Crippen LogP contribution in [0.1, 0.15) is 31.8 Å². The zero-order valence-corrected chi connectivity index (χ0v) is 13.2. The third-order valence-corrected chi connectivity index (χ3v) is 3.68. The van der Waals surface area contributed by atoms with Crippen molar-refractivity contribution in [3.63, 3.8) is 0 Å². The summed E-state index contributed by atoms with van der Waals surface area (Å²) < 4.78 is 0.929. The molecule has 1 amide bonds. The van der Waals surface area contributed by atoms with Gasteiger partial charge in [0.25, 0.3) is 5.91 Å². The Balaban J connectivity index is 2.29. The average Bonchev–Trinajstić information content (AvgIpc) is 2.43. The number of amides is 1. The smallest absolute Gasteiger partial charge is 0.335 e. The minimum atomic E-state index is -0.990. The number of benzene rings is 2. The Morgan fingerprint density at radius 2 is 1.52 bits per heavy atom. The predicted octanol–water partition coefficient (Wildman–Crippen LogP) is 4.02. The third-order valence-electron chi connectivity index (χ3n) is 3.15. The van der Waals surface area contributed by atoms with Crippen molar-refractivity contribution in [1.82, 2.24) is 0 Å². The Bertz CT molecular complexity index is 708. The number of aryl methyl sites for hydroxylation is 2. The van der Waals surface area contributed by atoms with Gasteiger partial charge in [0.2, 0.25) is 0 Å². The van der Waals surface area contributed by atoms with E-state index in [1.165, 1.54) is 6.07 Å². The maximum Gasteiger partial charge on any atom is 0.335 e. The van der Waals surface area contributed by atoms with Crippen LogP contribution < -0.4 is 5.32 Å². The second-order valence-corrected chi connectivity index (χ2v) is 5.66. The molecule has 0 aliphatic heterocycles. The number of hydrogen-bond acceptors (Lipinski definition) is 2. The molecular formula is C16H14BrNO3. The highest BCUT2D eigenvalue weighted by molar-refractivity contribution is 9.10.